The minimum Gasteiger partial charge on any atom is -0.368 e. The van der Waals surface area contributed by atoms with E-state index in [-0.39, 0.29) is 5.02 Å². The highest BCUT2D eigenvalue weighted by molar-refractivity contribution is 6.34. The number of anilines is 1. The topological polar surface area (TPSA) is 95.0 Å². The molecule has 1 atom stereocenters. The molecule has 1 aliphatic heterocycles. The lowest BCUT2D eigenvalue weighted by Gasteiger charge is -2.35. The molecular weight excluding hydrogens is 254 g/mol. The molecule has 94 valence electrons. The van der Waals surface area contributed by atoms with E-state index in [9.17, 15) is 4.79 Å². The number of hydrogen-bond donors (Lipinski definition) is 2. The number of halogens is 1. The van der Waals surface area contributed by atoms with Crippen molar-refractivity contribution in [3.63, 3.8) is 0 Å². The Morgan fingerprint density at radius 3 is 3.17 bits per heavy atom. The number of aromatic nitrogens is 1. The molecule has 1 amide bonds. The van der Waals surface area contributed by atoms with E-state index in [0.717, 1.165) is 0 Å². The first kappa shape index (κ1) is 12.6. The Balaban J connectivity index is 2.40. The summed E-state index contributed by atoms with van der Waals surface area (Å²) < 4.78 is 0. The maximum absolute atomic E-state index is 11.4. The molecule has 0 bridgehead atoms. The van der Waals surface area contributed by atoms with Gasteiger partial charge in [-0.15, -0.1) is 0 Å². The average Bonchev–Trinajstić information content (AvgIpc) is 2.39. The van der Waals surface area contributed by atoms with Gasteiger partial charge in [0, 0.05) is 25.8 Å². The second-order valence-corrected chi connectivity index (χ2v) is 4.30. The molecule has 7 heteroatoms. The normalized spacial score (nSPS) is 19.3. The van der Waals surface area contributed by atoms with Crippen molar-refractivity contribution in [3.8, 4) is 6.07 Å². The second kappa shape index (κ2) is 5.21. The van der Waals surface area contributed by atoms with Gasteiger partial charge in [-0.05, 0) is 6.07 Å². The van der Waals surface area contributed by atoms with E-state index in [0.29, 0.717) is 31.0 Å². The standard InChI is InChI=1S/C11H12ClN5O/c12-9-7(5-13)1-2-16-11(9)17-4-3-15-6-8(17)10(14)18/h1-2,8,15H,3-4,6H2,(H2,14,18). The largest absolute Gasteiger partial charge is 0.368 e. The van der Waals surface area contributed by atoms with Gasteiger partial charge in [0.25, 0.3) is 0 Å². The SMILES string of the molecule is N#Cc1ccnc(N2CCNCC2C(N)=O)c1Cl. The first-order valence-corrected chi connectivity index (χ1v) is 5.84. The minimum absolute atomic E-state index is 0.258. The molecular formula is C11H12ClN5O. The van der Waals surface area contributed by atoms with Gasteiger partial charge in [0.2, 0.25) is 5.91 Å². The summed E-state index contributed by atoms with van der Waals surface area (Å²) in [4.78, 5) is 17.3. The second-order valence-electron chi connectivity index (χ2n) is 3.92. The fourth-order valence-electron chi connectivity index (χ4n) is 1.93. The third kappa shape index (κ3) is 2.23. The van der Waals surface area contributed by atoms with Gasteiger partial charge in [-0.3, -0.25) is 4.79 Å². The van der Waals surface area contributed by atoms with Gasteiger partial charge in [-0.1, -0.05) is 11.6 Å². The van der Waals surface area contributed by atoms with Crippen LogP contribution in [-0.4, -0.2) is 36.6 Å². The highest BCUT2D eigenvalue weighted by atomic mass is 35.5. The number of carbonyl (C=O) groups is 1. The summed E-state index contributed by atoms with van der Waals surface area (Å²) in [6, 6.07) is 3.02. The van der Waals surface area contributed by atoms with E-state index in [2.05, 4.69) is 10.3 Å². The summed E-state index contributed by atoms with van der Waals surface area (Å²) in [5, 5.41) is 12.3. The van der Waals surface area contributed by atoms with E-state index < -0.39 is 11.9 Å². The number of rotatable bonds is 2. The molecule has 1 aromatic rings. The molecule has 1 aliphatic rings. The summed E-state index contributed by atoms with van der Waals surface area (Å²) in [7, 11) is 0. The van der Waals surface area contributed by atoms with Crippen LogP contribution in [0.15, 0.2) is 12.3 Å². The summed E-state index contributed by atoms with van der Waals surface area (Å²) >= 11 is 6.11. The van der Waals surface area contributed by atoms with Crippen molar-refractivity contribution in [3.05, 3.63) is 22.8 Å². The number of nitrogens with two attached hydrogens (primary N) is 1. The Morgan fingerprint density at radius 2 is 2.50 bits per heavy atom. The fraction of sp³-hybridized carbons (Fsp3) is 0.364. The van der Waals surface area contributed by atoms with Crippen LogP contribution in [0.5, 0.6) is 0 Å². The number of nitrogens with zero attached hydrogens (tertiary/aromatic N) is 3. The van der Waals surface area contributed by atoms with Crippen molar-refractivity contribution in [2.75, 3.05) is 24.5 Å². The molecule has 0 saturated carbocycles. The number of piperazine rings is 1. The Labute approximate surface area is 109 Å². The lowest BCUT2D eigenvalue weighted by atomic mass is 10.1. The highest BCUT2D eigenvalue weighted by Gasteiger charge is 2.29. The number of carbonyl (C=O) groups excluding carboxylic acids is 1. The number of hydrogen-bond acceptors (Lipinski definition) is 5. The van der Waals surface area contributed by atoms with Crippen LogP contribution in [0.2, 0.25) is 5.02 Å². The summed E-state index contributed by atoms with van der Waals surface area (Å²) in [5.74, 6) is -0.0107. The third-order valence-electron chi connectivity index (χ3n) is 2.84. The van der Waals surface area contributed by atoms with Crippen LogP contribution < -0.4 is 16.0 Å². The van der Waals surface area contributed by atoms with E-state index in [4.69, 9.17) is 22.6 Å². The van der Waals surface area contributed by atoms with Crippen molar-refractivity contribution in [2.24, 2.45) is 5.73 Å². The van der Waals surface area contributed by atoms with Crippen molar-refractivity contribution >= 4 is 23.3 Å². The zero-order chi connectivity index (χ0) is 13.1. The summed E-state index contributed by atoms with van der Waals surface area (Å²) in [6.45, 7) is 1.72. The van der Waals surface area contributed by atoms with Gasteiger partial charge in [0.15, 0.2) is 0 Å². The van der Waals surface area contributed by atoms with Gasteiger partial charge in [0.1, 0.15) is 23.0 Å². The fourth-order valence-corrected chi connectivity index (χ4v) is 2.19. The van der Waals surface area contributed by atoms with Crippen molar-refractivity contribution < 1.29 is 4.79 Å². The molecule has 0 spiro atoms. The number of amides is 1. The van der Waals surface area contributed by atoms with E-state index in [1.807, 2.05) is 6.07 Å². The lowest BCUT2D eigenvalue weighted by molar-refractivity contribution is -0.119. The van der Waals surface area contributed by atoms with Crippen LogP contribution in [0.25, 0.3) is 0 Å². The first-order valence-electron chi connectivity index (χ1n) is 5.46. The van der Waals surface area contributed by atoms with Gasteiger partial charge in [-0.25, -0.2) is 4.98 Å². The Bertz CT molecular complexity index is 513. The van der Waals surface area contributed by atoms with Crippen molar-refractivity contribution in [1.29, 1.82) is 5.26 Å². The molecule has 1 fully saturated rings. The van der Waals surface area contributed by atoms with Gasteiger partial charge in [-0.2, -0.15) is 5.26 Å². The molecule has 3 N–H and O–H groups in total. The third-order valence-corrected chi connectivity index (χ3v) is 3.21. The summed E-state index contributed by atoms with van der Waals surface area (Å²) in [6.07, 6.45) is 1.50. The number of pyridine rings is 1. The van der Waals surface area contributed by atoms with Crippen LogP contribution in [0, 0.1) is 11.3 Å². The molecule has 2 heterocycles. The maximum atomic E-state index is 11.4. The molecule has 18 heavy (non-hydrogen) atoms. The van der Waals surface area contributed by atoms with Crippen LogP contribution in [0.3, 0.4) is 0 Å². The van der Waals surface area contributed by atoms with Crippen LogP contribution in [-0.2, 0) is 4.79 Å². The van der Waals surface area contributed by atoms with E-state index in [1.54, 1.807) is 4.90 Å². The highest BCUT2D eigenvalue weighted by Crippen LogP contribution is 2.28. The monoisotopic (exact) mass is 265 g/mol. The lowest BCUT2D eigenvalue weighted by Crippen LogP contribution is -2.57. The van der Waals surface area contributed by atoms with Gasteiger partial charge < -0.3 is 16.0 Å². The molecule has 2 rings (SSSR count). The minimum atomic E-state index is -0.502. The van der Waals surface area contributed by atoms with Crippen LogP contribution >= 0.6 is 11.6 Å². The molecule has 6 nitrogen and oxygen atoms in total. The van der Waals surface area contributed by atoms with Crippen molar-refractivity contribution in [2.45, 2.75) is 6.04 Å². The first-order chi connectivity index (χ1) is 8.65. The number of nitrogens with one attached hydrogen (secondary N) is 1. The maximum Gasteiger partial charge on any atom is 0.241 e. The molecule has 1 saturated heterocycles. The van der Waals surface area contributed by atoms with Gasteiger partial charge >= 0.3 is 0 Å². The number of nitriles is 1. The van der Waals surface area contributed by atoms with Gasteiger partial charge in [0.05, 0.1) is 5.56 Å². The van der Waals surface area contributed by atoms with E-state index >= 15 is 0 Å². The smallest absolute Gasteiger partial charge is 0.241 e. The quantitative estimate of drug-likeness (QED) is 0.777. The predicted molar refractivity (Wildman–Crippen MR) is 67.2 cm³/mol. The Kier molecular flexibility index (Phi) is 3.65. The van der Waals surface area contributed by atoms with Crippen LogP contribution in [0.1, 0.15) is 5.56 Å². The zero-order valence-corrected chi connectivity index (χ0v) is 10.3. The van der Waals surface area contributed by atoms with Crippen LogP contribution in [0.4, 0.5) is 5.82 Å². The Hall–Kier alpha value is -1.84. The predicted octanol–water partition coefficient (Wildman–Crippen LogP) is -0.130. The Morgan fingerprint density at radius 1 is 1.72 bits per heavy atom. The van der Waals surface area contributed by atoms with E-state index in [1.165, 1.54) is 12.3 Å². The zero-order valence-electron chi connectivity index (χ0n) is 9.56. The average molecular weight is 266 g/mol. The summed E-state index contributed by atoms with van der Waals surface area (Å²) in [5.41, 5.74) is 5.70. The molecule has 0 radical (unpaired) electrons. The molecule has 0 aliphatic carbocycles. The molecule has 1 unspecified atom stereocenters. The number of primary amides is 1. The molecule has 1 aromatic heterocycles. The van der Waals surface area contributed by atoms with Crippen molar-refractivity contribution in [1.82, 2.24) is 10.3 Å². The molecule has 0 aromatic carbocycles.